The summed E-state index contributed by atoms with van der Waals surface area (Å²) in [5.41, 5.74) is 0.421. The van der Waals surface area contributed by atoms with E-state index in [2.05, 4.69) is 0 Å². The summed E-state index contributed by atoms with van der Waals surface area (Å²) >= 11 is 1.43. The van der Waals surface area contributed by atoms with Gasteiger partial charge in [-0.15, -0.1) is 11.3 Å². The lowest BCUT2D eigenvalue weighted by atomic mass is 10.1. The van der Waals surface area contributed by atoms with Gasteiger partial charge >= 0.3 is 12.1 Å². The van der Waals surface area contributed by atoms with Gasteiger partial charge in [0.05, 0.1) is 24.1 Å². The molecule has 38 heavy (non-hydrogen) atoms. The molecule has 1 aliphatic rings. The molecule has 0 saturated heterocycles. The second-order valence-corrected chi connectivity index (χ2v) is 12.5. The van der Waals surface area contributed by atoms with Crippen LogP contribution in [0.1, 0.15) is 73.3 Å². The van der Waals surface area contributed by atoms with E-state index in [1.807, 2.05) is 26.8 Å². The molecule has 2 heterocycles. The Labute approximate surface area is 228 Å². The molecule has 1 aromatic carbocycles. The summed E-state index contributed by atoms with van der Waals surface area (Å²) < 4.78 is 16.2. The Bertz CT molecular complexity index is 1150. The quantitative estimate of drug-likeness (QED) is 0.507. The van der Waals surface area contributed by atoms with E-state index in [1.54, 1.807) is 57.0 Å². The van der Waals surface area contributed by atoms with Crippen LogP contribution in [0, 0.1) is 0 Å². The molecule has 1 aliphatic heterocycles. The van der Waals surface area contributed by atoms with E-state index in [0.717, 1.165) is 10.4 Å². The molecule has 1 unspecified atom stereocenters. The van der Waals surface area contributed by atoms with Crippen LogP contribution in [0.5, 0.6) is 5.75 Å². The zero-order valence-corrected chi connectivity index (χ0v) is 24.0. The van der Waals surface area contributed by atoms with Gasteiger partial charge in [0, 0.05) is 18.5 Å². The monoisotopic (exact) mass is 546 g/mol. The van der Waals surface area contributed by atoms with E-state index in [4.69, 9.17) is 14.2 Å². The Morgan fingerprint density at radius 1 is 1.05 bits per heavy atom. The predicted molar refractivity (Wildman–Crippen MR) is 144 cm³/mol. The Hall–Kier alpha value is -3.11. The fraction of sp³-hybridized carbons (Fsp3) is 0.536. The summed E-state index contributed by atoms with van der Waals surface area (Å²) in [5, 5.41) is 10.7. The van der Waals surface area contributed by atoms with Crippen molar-refractivity contribution in [2.75, 3.05) is 26.7 Å². The van der Waals surface area contributed by atoms with E-state index < -0.39 is 23.3 Å². The molecule has 0 bridgehead atoms. The molecule has 208 valence electrons. The van der Waals surface area contributed by atoms with Crippen molar-refractivity contribution in [3.05, 3.63) is 51.2 Å². The number of carbonyl (C=O) groups is 3. The van der Waals surface area contributed by atoms with Gasteiger partial charge in [-0.25, -0.2) is 9.59 Å². The average molecular weight is 547 g/mol. The van der Waals surface area contributed by atoms with Gasteiger partial charge in [-0.3, -0.25) is 4.79 Å². The Kier molecular flexibility index (Phi) is 9.09. The number of carbonyl (C=O) groups excluding carboxylic acids is 3. The summed E-state index contributed by atoms with van der Waals surface area (Å²) in [6.45, 7) is 11.7. The average Bonchev–Trinajstić information content (AvgIpc) is 3.23. The van der Waals surface area contributed by atoms with Crippen LogP contribution < -0.4 is 4.74 Å². The summed E-state index contributed by atoms with van der Waals surface area (Å²) in [4.78, 5) is 42.2. The van der Waals surface area contributed by atoms with E-state index in [9.17, 15) is 19.5 Å². The van der Waals surface area contributed by atoms with Crippen LogP contribution in [0.15, 0.2) is 30.3 Å². The summed E-state index contributed by atoms with van der Waals surface area (Å²) in [5.74, 6) is -0.181. The van der Waals surface area contributed by atoms with Gasteiger partial charge in [0.25, 0.3) is 5.91 Å². The van der Waals surface area contributed by atoms with Crippen LogP contribution in [0.3, 0.4) is 0 Å². The molecule has 1 N–H and O–H groups in total. The first kappa shape index (κ1) is 29.4. The molecule has 0 radical (unpaired) electrons. The Balaban J connectivity index is 1.54. The number of rotatable bonds is 7. The third-order valence-corrected chi connectivity index (χ3v) is 6.79. The van der Waals surface area contributed by atoms with Gasteiger partial charge in [-0.1, -0.05) is 12.1 Å². The van der Waals surface area contributed by atoms with Gasteiger partial charge in [-0.2, -0.15) is 0 Å². The van der Waals surface area contributed by atoms with Gasteiger partial charge in [0.15, 0.2) is 6.61 Å². The van der Waals surface area contributed by atoms with Crippen molar-refractivity contribution in [1.82, 2.24) is 9.80 Å². The normalized spacial score (nSPS) is 14.4. The highest BCUT2D eigenvalue weighted by Crippen LogP contribution is 2.30. The second-order valence-electron chi connectivity index (χ2n) is 11.4. The molecule has 1 aromatic heterocycles. The molecule has 0 aliphatic carbocycles. The Morgan fingerprint density at radius 3 is 2.29 bits per heavy atom. The lowest BCUT2D eigenvalue weighted by Crippen LogP contribution is -2.39. The molecule has 9 nitrogen and oxygen atoms in total. The third-order valence-electron chi connectivity index (χ3n) is 5.56. The lowest BCUT2D eigenvalue weighted by molar-refractivity contribution is -0.157. The van der Waals surface area contributed by atoms with Crippen LogP contribution in [0.25, 0.3) is 0 Å². The van der Waals surface area contributed by atoms with Crippen molar-refractivity contribution in [3.63, 3.8) is 0 Å². The van der Waals surface area contributed by atoms with Gasteiger partial charge in [0.1, 0.15) is 17.0 Å². The largest absolute Gasteiger partial charge is 0.482 e. The van der Waals surface area contributed by atoms with Crippen molar-refractivity contribution < 1.29 is 33.7 Å². The number of hydrogen-bond donors (Lipinski definition) is 1. The predicted octanol–water partition coefficient (Wildman–Crippen LogP) is 4.57. The van der Waals surface area contributed by atoms with Gasteiger partial charge in [-0.05, 0) is 77.3 Å². The Morgan fingerprint density at radius 2 is 1.68 bits per heavy atom. The molecular weight excluding hydrogens is 508 g/mol. The summed E-state index contributed by atoms with van der Waals surface area (Å²) in [7, 11) is 1.65. The maximum absolute atomic E-state index is 13.1. The minimum absolute atomic E-state index is 0.101. The minimum atomic E-state index is -0.902. The van der Waals surface area contributed by atoms with Gasteiger partial charge in [0.2, 0.25) is 0 Å². The van der Waals surface area contributed by atoms with Crippen LogP contribution in [0.4, 0.5) is 4.79 Å². The highest BCUT2D eigenvalue weighted by atomic mass is 32.1. The number of amides is 2. The second kappa shape index (κ2) is 11.7. The third kappa shape index (κ3) is 8.46. The number of hydrogen-bond acceptors (Lipinski definition) is 8. The highest BCUT2D eigenvalue weighted by Gasteiger charge is 2.28. The van der Waals surface area contributed by atoms with Crippen LogP contribution >= 0.6 is 11.3 Å². The van der Waals surface area contributed by atoms with Crippen LogP contribution in [0.2, 0.25) is 0 Å². The molecule has 1 atom stereocenters. The lowest BCUT2D eigenvalue weighted by Gasteiger charge is -2.29. The van der Waals surface area contributed by atoms with Crippen molar-refractivity contribution in [2.45, 2.75) is 71.8 Å². The first-order valence-electron chi connectivity index (χ1n) is 12.6. The standard InChI is InChI=1S/C28H38N2O7S/c1-27(2,3)36-24(32)17-35-20-10-8-18(9-11-20)21(31)16-29(7)25(33)23-14-19-15-30(13-12-22(19)38-23)26(34)37-28(4,5)6/h8-11,14,21,31H,12-13,15-17H2,1-7H3. The van der Waals surface area contributed by atoms with Gasteiger partial charge < -0.3 is 29.1 Å². The van der Waals surface area contributed by atoms with Crippen LogP contribution in [-0.4, -0.2) is 70.8 Å². The number of thiophene rings is 1. The molecule has 10 heteroatoms. The number of nitrogens with zero attached hydrogens (tertiary/aromatic N) is 2. The smallest absolute Gasteiger partial charge is 0.410 e. The topological polar surface area (TPSA) is 106 Å². The molecule has 0 fully saturated rings. The number of likely N-dealkylation sites (N-methyl/N-ethyl adjacent to an activating group) is 1. The fourth-order valence-corrected chi connectivity index (χ4v) is 5.01. The number of esters is 1. The van der Waals surface area contributed by atoms with E-state index >= 15 is 0 Å². The molecule has 2 amide bonds. The summed E-state index contributed by atoms with van der Waals surface area (Å²) in [6, 6.07) is 8.55. The SMILES string of the molecule is CN(CC(O)c1ccc(OCC(=O)OC(C)(C)C)cc1)C(=O)c1cc2c(s1)CCN(C(=O)OC(C)(C)C)C2. The molecule has 2 aromatic rings. The first-order chi connectivity index (χ1) is 17.6. The van der Waals surface area contributed by atoms with E-state index in [-0.39, 0.29) is 25.2 Å². The molecule has 0 saturated carbocycles. The van der Waals surface area contributed by atoms with Crippen molar-refractivity contribution >= 4 is 29.3 Å². The van der Waals surface area contributed by atoms with E-state index in [1.165, 1.54) is 16.2 Å². The van der Waals surface area contributed by atoms with Crippen molar-refractivity contribution in [2.24, 2.45) is 0 Å². The maximum atomic E-state index is 13.1. The fourth-order valence-electron chi connectivity index (χ4n) is 3.86. The number of aliphatic hydroxyl groups excluding tert-OH is 1. The molecule has 3 rings (SSSR count). The molecule has 0 spiro atoms. The highest BCUT2D eigenvalue weighted by molar-refractivity contribution is 7.14. The maximum Gasteiger partial charge on any atom is 0.410 e. The van der Waals surface area contributed by atoms with Crippen molar-refractivity contribution in [1.29, 1.82) is 0 Å². The minimum Gasteiger partial charge on any atom is -0.482 e. The zero-order valence-electron chi connectivity index (χ0n) is 23.2. The molecular formula is C28H38N2O7S. The van der Waals surface area contributed by atoms with E-state index in [0.29, 0.717) is 35.7 Å². The number of fused-ring (bicyclic) bond motifs is 1. The number of ether oxygens (including phenoxy) is 3. The van der Waals surface area contributed by atoms with Crippen LogP contribution in [-0.2, 0) is 27.2 Å². The summed E-state index contributed by atoms with van der Waals surface area (Å²) in [6.07, 6.45) is -0.592. The number of aliphatic hydroxyl groups is 1. The zero-order chi connectivity index (χ0) is 28.3. The van der Waals surface area contributed by atoms with Crippen molar-refractivity contribution in [3.8, 4) is 5.75 Å². The first-order valence-corrected chi connectivity index (χ1v) is 13.4. The number of benzene rings is 1.